The molecule has 1 spiro atoms. The fraction of sp³-hybridized carbons (Fsp3) is 0.273. The lowest BCUT2D eigenvalue weighted by Crippen LogP contribution is -2.61. The van der Waals surface area contributed by atoms with Gasteiger partial charge in [0, 0.05) is 25.9 Å². The highest BCUT2D eigenvalue weighted by atomic mass is 15.8. The van der Waals surface area contributed by atoms with Crippen LogP contribution in [0.25, 0.3) is 0 Å². The topological polar surface area (TPSA) is 13.0 Å². The van der Waals surface area contributed by atoms with Crippen LogP contribution < -0.4 is 10.0 Å². The number of nitrogens with zero attached hydrogens (tertiary/aromatic N) is 4. The van der Waals surface area contributed by atoms with Crippen molar-refractivity contribution in [3.8, 4) is 0 Å². The molecule has 4 aliphatic rings. The Hall–Kier alpha value is -3.60. The van der Waals surface area contributed by atoms with Gasteiger partial charge in [-0.2, -0.15) is 0 Å². The van der Waals surface area contributed by atoms with E-state index in [1.165, 1.54) is 33.6 Å². The van der Waals surface area contributed by atoms with Gasteiger partial charge in [-0.15, -0.1) is 0 Å². The summed E-state index contributed by atoms with van der Waals surface area (Å²) in [5.41, 5.74) is 8.43. The number of hydrogen-bond donors (Lipinski definition) is 0. The Morgan fingerprint density at radius 3 is 1.35 bits per heavy atom. The third-order valence-electron chi connectivity index (χ3n) is 9.11. The van der Waals surface area contributed by atoms with Crippen LogP contribution in [0.4, 0.5) is 11.4 Å². The van der Waals surface area contributed by atoms with Gasteiger partial charge in [0.15, 0.2) is 0 Å². The Balaban J connectivity index is 1.35. The first kappa shape index (κ1) is 21.5. The predicted octanol–water partition coefficient (Wildman–Crippen LogP) is 6.53. The van der Waals surface area contributed by atoms with Crippen molar-refractivity contribution in [1.29, 1.82) is 0 Å². The number of rotatable bonds is 2. The molecule has 0 saturated carbocycles. The molecule has 3 atom stereocenters. The third kappa shape index (κ3) is 3.09. The van der Waals surface area contributed by atoms with E-state index < -0.39 is 0 Å². The number of benzene rings is 4. The number of anilines is 2. The Morgan fingerprint density at radius 2 is 0.892 bits per heavy atom. The largest absolute Gasteiger partial charge is 0.279 e. The van der Waals surface area contributed by atoms with E-state index in [1.54, 1.807) is 0 Å². The second-order valence-corrected chi connectivity index (χ2v) is 10.9. The molecule has 0 amide bonds. The Kier molecular flexibility index (Phi) is 4.76. The van der Waals surface area contributed by atoms with Gasteiger partial charge >= 0.3 is 0 Å². The van der Waals surface area contributed by atoms with E-state index in [1.807, 2.05) is 0 Å². The van der Waals surface area contributed by atoms with E-state index in [4.69, 9.17) is 0 Å². The second kappa shape index (κ2) is 8.20. The molecule has 4 aromatic carbocycles. The minimum Gasteiger partial charge on any atom is -0.279 e. The van der Waals surface area contributed by atoms with Gasteiger partial charge in [-0.1, -0.05) is 84.9 Å². The zero-order valence-electron chi connectivity index (χ0n) is 21.1. The Labute approximate surface area is 219 Å². The van der Waals surface area contributed by atoms with Gasteiger partial charge < -0.3 is 0 Å². The molecule has 4 aliphatic heterocycles. The average Bonchev–Trinajstić information content (AvgIpc) is 3.48. The molecule has 37 heavy (non-hydrogen) atoms. The van der Waals surface area contributed by atoms with Crippen LogP contribution in [0.5, 0.6) is 0 Å². The zero-order valence-corrected chi connectivity index (χ0v) is 21.1. The third-order valence-corrected chi connectivity index (χ3v) is 9.11. The standard InChI is InChI=1S/C33H32N4/c1-3-13-27(14-4-1)36-33(23-31-29-17-9-7-11-25(29)19-21-34(31)36)24-32-30-18-10-8-12-26(30)20-22-35(32)37(33)28-15-5-2-6-16-28/h1-18,31-32H,19-24H2/t31-,32+,33?. The first-order valence-corrected chi connectivity index (χ1v) is 13.7. The molecule has 0 radical (unpaired) electrons. The fourth-order valence-corrected chi connectivity index (χ4v) is 7.72. The molecule has 184 valence electrons. The van der Waals surface area contributed by atoms with E-state index in [-0.39, 0.29) is 5.66 Å². The van der Waals surface area contributed by atoms with E-state index >= 15 is 0 Å². The molecular formula is C33H32N4. The van der Waals surface area contributed by atoms with E-state index in [9.17, 15) is 0 Å². The van der Waals surface area contributed by atoms with Gasteiger partial charge in [0.05, 0.1) is 23.5 Å². The summed E-state index contributed by atoms with van der Waals surface area (Å²) in [6.07, 6.45) is 4.33. The second-order valence-electron chi connectivity index (χ2n) is 10.9. The maximum Gasteiger partial charge on any atom is 0.146 e. The number of para-hydroxylation sites is 2. The molecule has 4 aromatic rings. The quantitative estimate of drug-likeness (QED) is 0.321. The lowest BCUT2D eigenvalue weighted by Gasteiger charge is -2.49. The van der Waals surface area contributed by atoms with Crippen molar-refractivity contribution in [3.05, 3.63) is 131 Å². The summed E-state index contributed by atoms with van der Waals surface area (Å²) in [5, 5.41) is 10.8. The van der Waals surface area contributed by atoms with Gasteiger partial charge in [0.25, 0.3) is 0 Å². The van der Waals surface area contributed by atoms with Crippen LogP contribution in [-0.4, -0.2) is 28.8 Å². The monoisotopic (exact) mass is 484 g/mol. The van der Waals surface area contributed by atoms with Crippen molar-refractivity contribution in [3.63, 3.8) is 0 Å². The van der Waals surface area contributed by atoms with Crippen LogP contribution in [0.15, 0.2) is 109 Å². The van der Waals surface area contributed by atoms with Crippen molar-refractivity contribution >= 4 is 11.4 Å². The van der Waals surface area contributed by atoms with Crippen LogP contribution in [0.1, 0.15) is 47.2 Å². The van der Waals surface area contributed by atoms with Gasteiger partial charge in [-0.25, -0.2) is 10.0 Å². The molecule has 4 nitrogen and oxygen atoms in total. The van der Waals surface area contributed by atoms with Crippen LogP contribution >= 0.6 is 0 Å². The van der Waals surface area contributed by atoms with Gasteiger partial charge in [-0.3, -0.25) is 10.0 Å². The molecule has 2 saturated heterocycles. The summed E-state index contributed by atoms with van der Waals surface area (Å²) in [6, 6.07) is 41.3. The molecule has 0 N–H and O–H groups in total. The smallest absolute Gasteiger partial charge is 0.146 e. The van der Waals surface area contributed by atoms with Crippen molar-refractivity contribution in [2.75, 3.05) is 23.1 Å². The summed E-state index contributed by atoms with van der Waals surface area (Å²) in [6.45, 7) is 2.09. The summed E-state index contributed by atoms with van der Waals surface area (Å²) in [7, 11) is 0. The van der Waals surface area contributed by atoms with Gasteiger partial charge in [0.2, 0.25) is 0 Å². The Morgan fingerprint density at radius 1 is 0.486 bits per heavy atom. The molecule has 0 aliphatic carbocycles. The fourth-order valence-electron chi connectivity index (χ4n) is 7.72. The summed E-state index contributed by atoms with van der Waals surface area (Å²) < 4.78 is 0. The highest BCUT2D eigenvalue weighted by Gasteiger charge is 2.63. The summed E-state index contributed by atoms with van der Waals surface area (Å²) in [5.74, 6) is 0. The maximum absolute atomic E-state index is 2.70. The lowest BCUT2D eigenvalue weighted by atomic mass is 9.85. The average molecular weight is 485 g/mol. The molecule has 8 rings (SSSR count). The number of hydrogen-bond acceptors (Lipinski definition) is 4. The lowest BCUT2D eigenvalue weighted by molar-refractivity contribution is 0.192. The first-order valence-electron chi connectivity index (χ1n) is 13.7. The van der Waals surface area contributed by atoms with Gasteiger partial charge in [0.1, 0.15) is 5.66 Å². The maximum atomic E-state index is 2.70. The summed E-state index contributed by atoms with van der Waals surface area (Å²) >= 11 is 0. The van der Waals surface area contributed by atoms with Gasteiger partial charge in [-0.05, 0) is 59.4 Å². The van der Waals surface area contributed by atoms with E-state index in [0.717, 1.165) is 38.8 Å². The molecule has 0 bridgehead atoms. The van der Waals surface area contributed by atoms with Crippen molar-refractivity contribution in [2.24, 2.45) is 0 Å². The van der Waals surface area contributed by atoms with Crippen molar-refractivity contribution in [1.82, 2.24) is 10.0 Å². The van der Waals surface area contributed by atoms with E-state index in [0.29, 0.717) is 12.1 Å². The molecular weight excluding hydrogens is 452 g/mol. The molecule has 2 fully saturated rings. The summed E-state index contributed by atoms with van der Waals surface area (Å²) in [4.78, 5) is 0. The minimum atomic E-state index is -0.188. The highest BCUT2D eigenvalue weighted by Crippen LogP contribution is 2.59. The van der Waals surface area contributed by atoms with Crippen molar-refractivity contribution in [2.45, 2.75) is 43.4 Å². The SMILES string of the molecule is c1ccc(N2N3CCc4ccccc4[C@H]3CC23C[C@H]2c4ccccc4CCN2N3c2ccccc2)cc1. The van der Waals surface area contributed by atoms with Crippen LogP contribution in [0.3, 0.4) is 0 Å². The molecule has 4 heterocycles. The predicted molar refractivity (Wildman–Crippen MR) is 149 cm³/mol. The zero-order chi connectivity index (χ0) is 24.4. The van der Waals surface area contributed by atoms with Crippen LogP contribution in [0.2, 0.25) is 0 Å². The number of hydrazine groups is 2. The first-order chi connectivity index (χ1) is 18.3. The van der Waals surface area contributed by atoms with Crippen molar-refractivity contribution < 1.29 is 0 Å². The highest BCUT2D eigenvalue weighted by molar-refractivity contribution is 5.60. The van der Waals surface area contributed by atoms with Crippen LogP contribution in [-0.2, 0) is 12.8 Å². The number of fused-ring (bicyclic) bond motifs is 6. The van der Waals surface area contributed by atoms with Crippen LogP contribution in [0, 0.1) is 0 Å². The molecule has 0 aromatic heterocycles. The Bertz CT molecular complexity index is 1320. The minimum absolute atomic E-state index is 0.188. The molecule has 1 unspecified atom stereocenters. The molecule has 4 heteroatoms. The normalized spacial score (nSPS) is 26.6. The van der Waals surface area contributed by atoms with E-state index in [2.05, 4.69) is 129 Å².